The van der Waals surface area contributed by atoms with Crippen molar-refractivity contribution in [2.45, 2.75) is 224 Å². The topological polar surface area (TPSA) is 209 Å². The molecule has 0 aromatic rings. The molecule has 0 aromatic heterocycles. The summed E-state index contributed by atoms with van der Waals surface area (Å²) in [5, 5.41) is 34.7. The number of aliphatic hydroxyl groups excluding tert-OH is 3. The molecule has 0 radical (unpaired) electrons. The van der Waals surface area contributed by atoms with Crippen molar-refractivity contribution in [3.63, 3.8) is 0 Å². The molecule has 338 valence electrons. The Labute approximate surface area is 351 Å². The molecule has 0 aromatic carbocycles. The van der Waals surface area contributed by atoms with Gasteiger partial charge in [0.05, 0.1) is 25.8 Å². The van der Waals surface area contributed by atoms with Gasteiger partial charge in [0, 0.05) is 19.4 Å². The van der Waals surface area contributed by atoms with Crippen molar-refractivity contribution in [1.29, 1.82) is 0 Å². The minimum atomic E-state index is -2.22. The van der Waals surface area contributed by atoms with E-state index in [9.17, 15) is 34.5 Å². The summed E-state index contributed by atoms with van der Waals surface area (Å²) in [6.07, 6.45) is 27.1. The zero-order valence-electron chi connectivity index (χ0n) is 36.8. The number of nitrogens with two attached hydrogens (primary N) is 2. The van der Waals surface area contributed by atoms with E-state index in [2.05, 4.69) is 31.3 Å². The van der Waals surface area contributed by atoms with Gasteiger partial charge in [0.25, 0.3) is 5.91 Å². The number of carbonyl (C=O) groups is 4. The smallest absolute Gasteiger partial charge is 0.255 e. The summed E-state index contributed by atoms with van der Waals surface area (Å²) in [5.74, 6) is -5.09. The van der Waals surface area contributed by atoms with Crippen LogP contribution in [-0.4, -0.2) is 105 Å². The summed E-state index contributed by atoms with van der Waals surface area (Å²) >= 11 is 0. The molecule has 0 spiro atoms. The molecule has 4 amide bonds. The lowest BCUT2D eigenvalue weighted by atomic mass is 9.94. The Bertz CT molecular complexity index is 1140. The zero-order chi connectivity index (χ0) is 43.0. The number of ether oxygens (including phenoxy) is 1. The number of amides is 4. The maximum absolute atomic E-state index is 14.4. The number of nitrogens with one attached hydrogen (secondary N) is 1. The van der Waals surface area contributed by atoms with Gasteiger partial charge >= 0.3 is 0 Å². The average molecular weight is 824 g/mol. The van der Waals surface area contributed by atoms with Crippen LogP contribution in [-0.2, 0) is 23.9 Å². The fourth-order valence-electron chi connectivity index (χ4n) is 7.81. The Morgan fingerprint density at radius 3 is 1.64 bits per heavy atom. The molecule has 13 nitrogen and oxygen atoms in total. The maximum Gasteiger partial charge on any atom is 0.255 e. The number of allylic oxidation sites excluding steroid dienone is 2. The second-order valence-electron chi connectivity index (χ2n) is 16.4. The van der Waals surface area contributed by atoms with E-state index in [1.54, 1.807) is 0 Å². The first kappa shape index (κ1) is 53.6. The molecule has 1 fully saturated rings. The lowest BCUT2D eigenvalue weighted by Gasteiger charge is -2.54. The summed E-state index contributed by atoms with van der Waals surface area (Å²) in [7, 11) is 0. The molecule has 8 N–H and O–H groups in total. The van der Waals surface area contributed by atoms with Gasteiger partial charge in [-0.3, -0.25) is 24.1 Å². The van der Waals surface area contributed by atoms with Crippen LogP contribution in [0.1, 0.15) is 194 Å². The first-order chi connectivity index (χ1) is 28.0. The van der Waals surface area contributed by atoms with E-state index >= 15 is 0 Å². The highest BCUT2D eigenvalue weighted by Gasteiger charge is 2.58. The van der Waals surface area contributed by atoms with E-state index in [-0.39, 0.29) is 18.9 Å². The summed E-state index contributed by atoms with van der Waals surface area (Å²) in [6.45, 7) is 4.12. The minimum Gasteiger partial charge on any atom is -0.394 e. The standard InChI is InChI=1S/C45H85N5O8/c1-4-6-8-10-12-14-16-18-19-20-21-23-25-27-29-31-41(54)49(32-30-28-26-24-22-17-15-13-11-9-7-5-2)45(33-38(52)43(56)39(36-51)58-45)50(42(55)35-47)44(57)37(3)48-40(53)34-46/h18-19,37-39,43,51-52,56H,4-17,20-36,46-47H2,1-3H3,(H,48,53)/t37-,38+,39+,43-,45+/m0/s1. The van der Waals surface area contributed by atoms with Crippen molar-refractivity contribution in [1.82, 2.24) is 15.1 Å². The largest absolute Gasteiger partial charge is 0.394 e. The van der Waals surface area contributed by atoms with Crippen LogP contribution < -0.4 is 16.8 Å². The van der Waals surface area contributed by atoms with Crippen LogP contribution in [0.2, 0.25) is 0 Å². The second-order valence-corrected chi connectivity index (χ2v) is 16.4. The van der Waals surface area contributed by atoms with Gasteiger partial charge in [-0.15, -0.1) is 0 Å². The molecule has 1 saturated heterocycles. The van der Waals surface area contributed by atoms with Crippen LogP contribution in [0.5, 0.6) is 0 Å². The summed E-state index contributed by atoms with van der Waals surface area (Å²) in [6, 6.07) is -1.28. The lowest BCUT2D eigenvalue weighted by molar-refractivity contribution is -0.312. The van der Waals surface area contributed by atoms with Crippen LogP contribution in [0, 0.1) is 0 Å². The zero-order valence-corrected chi connectivity index (χ0v) is 36.8. The van der Waals surface area contributed by atoms with E-state index in [0.29, 0.717) is 17.7 Å². The van der Waals surface area contributed by atoms with Crippen LogP contribution in [0.15, 0.2) is 12.2 Å². The molecule has 1 aliphatic heterocycles. The van der Waals surface area contributed by atoms with Crippen LogP contribution in [0.3, 0.4) is 0 Å². The number of aliphatic hydroxyl groups is 3. The van der Waals surface area contributed by atoms with Crippen molar-refractivity contribution in [3.05, 3.63) is 12.2 Å². The summed E-state index contributed by atoms with van der Waals surface area (Å²) in [5.41, 5.74) is 11.3. The third-order valence-electron chi connectivity index (χ3n) is 11.3. The highest BCUT2D eigenvalue weighted by Crippen LogP contribution is 2.38. The highest BCUT2D eigenvalue weighted by atomic mass is 16.6. The van der Waals surface area contributed by atoms with E-state index in [0.717, 1.165) is 64.2 Å². The SMILES string of the molecule is CCCCCCCCC=CCCCCCCCC(=O)N(CCCCCCCCCCCCCC)[C@@]1(N(C(=O)CN)C(=O)[C@H](C)NC(=O)CN)C[C@@H](O)[C@H](O)[C@@H](CO)O1. The Balaban J connectivity index is 3.12. The van der Waals surface area contributed by atoms with Gasteiger partial charge in [0.2, 0.25) is 23.6 Å². The number of hydrogen-bond donors (Lipinski definition) is 6. The number of imide groups is 1. The number of carbonyl (C=O) groups excluding carboxylic acids is 4. The fourth-order valence-corrected chi connectivity index (χ4v) is 7.81. The second kappa shape index (κ2) is 33.3. The average Bonchev–Trinajstić information content (AvgIpc) is 3.21. The molecule has 1 heterocycles. The Morgan fingerprint density at radius 1 is 0.707 bits per heavy atom. The molecule has 1 aliphatic rings. The van der Waals surface area contributed by atoms with Gasteiger partial charge in [-0.05, 0) is 45.4 Å². The van der Waals surface area contributed by atoms with Crippen LogP contribution in [0.4, 0.5) is 0 Å². The van der Waals surface area contributed by atoms with Crippen molar-refractivity contribution >= 4 is 23.6 Å². The molecule has 13 heteroatoms. The number of unbranched alkanes of at least 4 members (excludes halogenated alkanes) is 22. The Hall–Kier alpha value is -2.42. The van der Waals surface area contributed by atoms with Gasteiger partial charge in [-0.1, -0.05) is 148 Å². The van der Waals surface area contributed by atoms with Crippen LogP contribution in [0.25, 0.3) is 0 Å². The molecule has 5 atom stereocenters. The first-order valence-electron chi connectivity index (χ1n) is 23.2. The minimum absolute atomic E-state index is 0.0907. The number of hydrogen-bond acceptors (Lipinski definition) is 10. The summed E-state index contributed by atoms with van der Waals surface area (Å²) in [4.78, 5) is 56.5. The maximum atomic E-state index is 14.4. The van der Waals surface area contributed by atoms with Gasteiger partial charge in [-0.2, -0.15) is 0 Å². The lowest BCUT2D eigenvalue weighted by Crippen LogP contribution is -2.75. The fraction of sp³-hybridized carbons (Fsp3) is 0.867. The predicted octanol–water partition coefficient (Wildman–Crippen LogP) is 6.49. The molecule has 1 rings (SSSR count). The first-order valence-corrected chi connectivity index (χ1v) is 23.2. The van der Waals surface area contributed by atoms with Crippen molar-refractivity contribution in [2.24, 2.45) is 11.5 Å². The van der Waals surface area contributed by atoms with E-state index in [4.69, 9.17) is 16.2 Å². The molecule has 0 saturated carbocycles. The third-order valence-corrected chi connectivity index (χ3v) is 11.3. The van der Waals surface area contributed by atoms with Crippen molar-refractivity contribution in [3.8, 4) is 0 Å². The number of nitrogens with zero attached hydrogens (tertiary/aromatic N) is 2. The van der Waals surface area contributed by atoms with E-state index in [1.165, 1.54) is 95.3 Å². The van der Waals surface area contributed by atoms with E-state index in [1.807, 2.05) is 0 Å². The van der Waals surface area contributed by atoms with Crippen molar-refractivity contribution in [2.75, 3.05) is 26.2 Å². The molecular formula is C45H85N5O8. The van der Waals surface area contributed by atoms with Gasteiger partial charge in [0.1, 0.15) is 18.2 Å². The molecule has 58 heavy (non-hydrogen) atoms. The highest BCUT2D eigenvalue weighted by molar-refractivity contribution is 6.01. The summed E-state index contributed by atoms with van der Waals surface area (Å²) < 4.78 is 6.29. The molecule has 0 aliphatic carbocycles. The quantitative estimate of drug-likeness (QED) is 0.0233. The molecule has 0 unspecified atom stereocenters. The normalized spacial score (nSPS) is 20.0. The predicted molar refractivity (Wildman–Crippen MR) is 231 cm³/mol. The number of rotatable bonds is 35. The van der Waals surface area contributed by atoms with E-state index < -0.39 is 74.0 Å². The van der Waals surface area contributed by atoms with Gasteiger partial charge < -0.3 is 36.8 Å². The third kappa shape index (κ3) is 20.7. The van der Waals surface area contributed by atoms with Gasteiger partial charge in [-0.25, -0.2) is 4.90 Å². The Kier molecular flexibility index (Phi) is 30.8. The van der Waals surface area contributed by atoms with Crippen LogP contribution >= 0.6 is 0 Å². The monoisotopic (exact) mass is 824 g/mol. The van der Waals surface area contributed by atoms with Gasteiger partial charge in [0.15, 0.2) is 0 Å². The molecule has 0 bridgehead atoms. The molecular weight excluding hydrogens is 739 g/mol. The Morgan fingerprint density at radius 2 is 1.17 bits per heavy atom. The van der Waals surface area contributed by atoms with Crippen molar-refractivity contribution < 1.29 is 39.2 Å².